The second-order valence-corrected chi connectivity index (χ2v) is 5.30. The van der Waals surface area contributed by atoms with E-state index >= 15 is 0 Å². The van der Waals surface area contributed by atoms with Crippen molar-refractivity contribution in [1.82, 2.24) is 19.3 Å². The van der Waals surface area contributed by atoms with Gasteiger partial charge in [0.25, 0.3) is 5.56 Å². The molecule has 0 saturated carbocycles. The van der Waals surface area contributed by atoms with Crippen LogP contribution in [0.2, 0.25) is 0 Å². The molecule has 2 rings (SSSR count). The number of rotatable bonds is 3. The SMILES string of the molecule is CCn1nc(C)cc1Cn1c(C)ncc(I)c1=O. The van der Waals surface area contributed by atoms with Gasteiger partial charge in [-0.05, 0) is 49.4 Å². The molecule has 18 heavy (non-hydrogen) atoms. The molecule has 2 aromatic rings. The molecule has 0 unspecified atom stereocenters. The number of aryl methyl sites for hydroxylation is 3. The molecule has 0 radical (unpaired) electrons. The van der Waals surface area contributed by atoms with Crippen molar-refractivity contribution in [3.63, 3.8) is 0 Å². The first-order valence-electron chi connectivity index (χ1n) is 5.78. The van der Waals surface area contributed by atoms with E-state index in [1.54, 1.807) is 10.8 Å². The average Bonchev–Trinajstić information content (AvgIpc) is 2.70. The Bertz CT molecular complexity index is 629. The van der Waals surface area contributed by atoms with Gasteiger partial charge in [0.1, 0.15) is 5.82 Å². The molecule has 0 saturated heterocycles. The first-order chi connectivity index (χ1) is 8.52. The summed E-state index contributed by atoms with van der Waals surface area (Å²) in [5, 5.41) is 4.39. The lowest BCUT2D eigenvalue weighted by atomic mass is 10.3. The van der Waals surface area contributed by atoms with Crippen LogP contribution in [0.4, 0.5) is 0 Å². The maximum atomic E-state index is 12.1. The normalized spacial score (nSPS) is 10.9. The summed E-state index contributed by atoms with van der Waals surface area (Å²) in [7, 11) is 0. The molecule has 0 fully saturated rings. The maximum Gasteiger partial charge on any atom is 0.267 e. The van der Waals surface area contributed by atoms with E-state index in [9.17, 15) is 4.79 Å². The van der Waals surface area contributed by atoms with E-state index in [4.69, 9.17) is 0 Å². The summed E-state index contributed by atoms with van der Waals surface area (Å²) in [5.74, 6) is 0.724. The fourth-order valence-electron chi connectivity index (χ4n) is 1.90. The number of aromatic nitrogens is 4. The molecule has 6 heteroatoms. The number of nitrogens with zero attached hydrogens (tertiary/aromatic N) is 4. The molecule has 0 spiro atoms. The van der Waals surface area contributed by atoms with Crippen molar-refractivity contribution in [3.8, 4) is 0 Å². The van der Waals surface area contributed by atoms with Gasteiger partial charge in [0.15, 0.2) is 0 Å². The van der Waals surface area contributed by atoms with E-state index in [-0.39, 0.29) is 5.56 Å². The van der Waals surface area contributed by atoms with Crippen LogP contribution < -0.4 is 5.56 Å². The first kappa shape index (κ1) is 13.3. The Morgan fingerprint density at radius 3 is 2.78 bits per heavy atom. The largest absolute Gasteiger partial charge is 0.290 e. The topological polar surface area (TPSA) is 52.7 Å². The third-order valence-electron chi connectivity index (χ3n) is 2.81. The molecule has 96 valence electrons. The highest BCUT2D eigenvalue weighted by Crippen LogP contribution is 2.07. The molecule has 0 aliphatic carbocycles. The highest BCUT2D eigenvalue weighted by molar-refractivity contribution is 14.1. The van der Waals surface area contributed by atoms with Crippen molar-refractivity contribution in [2.24, 2.45) is 0 Å². The number of hydrogen-bond acceptors (Lipinski definition) is 3. The molecule has 0 atom stereocenters. The van der Waals surface area contributed by atoms with Gasteiger partial charge in [-0.25, -0.2) is 4.98 Å². The van der Waals surface area contributed by atoms with Crippen LogP contribution in [0.5, 0.6) is 0 Å². The number of halogens is 1. The Kier molecular flexibility index (Phi) is 3.84. The molecule has 0 aliphatic heterocycles. The standard InChI is InChI=1S/C12H15IN4O/c1-4-17-10(5-8(2)15-17)7-16-9(3)14-6-11(13)12(16)18/h5-6H,4,7H2,1-3H3. The second kappa shape index (κ2) is 5.21. The molecular weight excluding hydrogens is 343 g/mol. The van der Waals surface area contributed by atoms with Crippen molar-refractivity contribution in [2.45, 2.75) is 33.9 Å². The molecular formula is C12H15IN4O. The van der Waals surface area contributed by atoms with Gasteiger partial charge in [-0.3, -0.25) is 14.0 Å². The summed E-state index contributed by atoms with van der Waals surface area (Å²) in [6, 6.07) is 2.01. The Labute approximate surface area is 119 Å². The summed E-state index contributed by atoms with van der Waals surface area (Å²) in [4.78, 5) is 16.3. The van der Waals surface area contributed by atoms with Gasteiger partial charge >= 0.3 is 0 Å². The van der Waals surface area contributed by atoms with Crippen LogP contribution in [0.25, 0.3) is 0 Å². The van der Waals surface area contributed by atoms with Crippen molar-refractivity contribution >= 4 is 22.6 Å². The van der Waals surface area contributed by atoms with E-state index < -0.39 is 0 Å². The minimum Gasteiger partial charge on any atom is -0.290 e. The third-order valence-corrected chi connectivity index (χ3v) is 3.55. The molecule has 0 aliphatic rings. The van der Waals surface area contributed by atoms with Crippen LogP contribution in [0.1, 0.15) is 24.1 Å². The lowest BCUT2D eigenvalue weighted by molar-refractivity contribution is 0.580. The van der Waals surface area contributed by atoms with Crippen molar-refractivity contribution in [1.29, 1.82) is 0 Å². The van der Waals surface area contributed by atoms with Gasteiger partial charge in [-0.15, -0.1) is 0 Å². The highest BCUT2D eigenvalue weighted by Gasteiger charge is 2.10. The lowest BCUT2D eigenvalue weighted by Gasteiger charge is -2.10. The Morgan fingerprint density at radius 2 is 2.11 bits per heavy atom. The van der Waals surface area contributed by atoms with Crippen molar-refractivity contribution < 1.29 is 0 Å². The van der Waals surface area contributed by atoms with Crippen molar-refractivity contribution in [3.05, 3.63) is 43.4 Å². The Balaban J connectivity index is 2.46. The third kappa shape index (κ3) is 2.47. The zero-order chi connectivity index (χ0) is 13.3. The van der Waals surface area contributed by atoms with Crippen LogP contribution in [0.15, 0.2) is 17.1 Å². The molecule has 0 aromatic carbocycles. The van der Waals surface area contributed by atoms with E-state index in [2.05, 4.69) is 10.1 Å². The summed E-state index contributed by atoms with van der Waals surface area (Å²) in [6.07, 6.45) is 1.61. The zero-order valence-electron chi connectivity index (χ0n) is 10.6. The molecule has 0 bridgehead atoms. The molecule has 0 amide bonds. The van der Waals surface area contributed by atoms with Gasteiger partial charge in [0.05, 0.1) is 21.5 Å². The smallest absolute Gasteiger partial charge is 0.267 e. The average molecular weight is 358 g/mol. The molecule has 5 nitrogen and oxygen atoms in total. The van der Waals surface area contributed by atoms with Crippen molar-refractivity contribution in [2.75, 3.05) is 0 Å². The predicted molar refractivity (Wildman–Crippen MR) is 77.7 cm³/mol. The summed E-state index contributed by atoms with van der Waals surface area (Å²) in [6.45, 7) is 7.16. The van der Waals surface area contributed by atoms with Gasteiger partial charge < -0.3 is 0 Å². The molecule has 2 aromatic heterocycles. The van der Waals surface area contributed by atoms with Gasteiger partial charge in [-0.1, -0.05) is 0 Å². The zero-order valence-corrected chi connectivity index (χ0v) is 12.8. The monoisotopic (exact) mass is 358 g/mol. The fourth-order valence-corrected chi connectivity index (χ4v) is 2.33. The Morgan fingerprint density at radius 1 is 1.39 bits per heavy atom. The van der Waals surface area contributed by atoms with Gasteiger partial charge in [0.2, 0.25) is 0 Å². The second-order valence-electron chi connectivity index (χ2n) is 4.14. The summed E-state index contributed by atoms with van der Waals surface area (Å²) >= 11 is 2.01. The van der Waals surface area contributed by atoms with E-state index in [1.165, 1.54) is 0 Å². The van der Waals surface area contributed by atoms with Crippen LogP contribution in [0, 0.1) is 17.4 Å². The van der Waals surface area contributed by atoms with E-state index in [1.807, 2.05) is 54.1 Å². The quantitative estimate of drug-likeness (QED) is 0.786. The molecule has 2 heterocycles. The Hall–Kier alpha value is -1.18. The summed E-state index contributed by atoms with van der Waals surface area (Å²) in [5.41, 5.74) is 2.00. The van der Waals surface area contributed by atoms with E-state index in [0.29, 0.717) is 10.1 Å². The van der Waals surface area contributed by atoms with E-state index in [0.717, 1.165) is 23.8 Å². The maximum absolute atomic E-state index is 12.1. The minimum atomic E-state index is 0.00426. The van der Waals surface area contributed by atoms with Crippen LogP contribution in [-0.2, 0) is 13.1 Å². The lowest BCUT2D eigenvalue weighted by Crippen LogP contribution is -2.27. The fraction of sp³-hybridized carbons (Fsp3) is 0.417. The van der Waals surface area contributed by atoms with Crippen LogP contribution in [-0.4, -0.2) is 19.3 Å². The van der Waals surface area contributed by atoms with Gasteiger partial charge in [-0.2, -0.15) is 5.10 Å². The predicted octanol–water partition coefficient (Wildman–Crippen LogP) is 1.73. The highest BCUT2D eigenvalue weighted by atomic mass is 127. The minimum absolute atomic E-state index is 0.00426. The first-order valence-corrected chi connectivity index (χ1v) is 6.86. The van der Waals surface area contributed by atoms with Gasteiger partial charge in [0, 0.05) is 12.7 Å². The van der Waals surface area contributed by atoms with Crippen LogP contribution >= 0.6 is 22.6 Å². The molecule has 0 N–H and O–H groups in total. The van der Waals surface area contributed by atoms with Crippen LogP contribution in [0.3, 0.4) is 0 Å². The summed E-state index contributed by atoms with van der Waals surface area (Å²) < 4.78 is 4.24. The number of hydrogen-bond donors (Lipinski definition) is 0.